The van der Waals surface area contributed by atoms with Gasteiger partial charge in [0.15, 0.2) is 0 Å². The van der Waals surface area contributed by atoms with Gasteiger partial charge in [0, 0.05) is 44.4 Å². The molecule has 2 rings (SSSR count). The summed E-state index contributed by atoms with van der Waals surface area (Å²) in [5, 5.41) is 8.86. The lowest BCUT2D eigenvalue weighted by Crippen LogP contribution is -2.53. The summed E-state index contributed by atoms with van der Waals surface area (Å²) in [6.45, 7) is 3.45. The van der Waals surface area contributed by atoms with Crippen LogP contribution in [0.5, 0.6) is 0 Å². The fraction of sp³-hybridized carbons (Fsp3) is 0.583. The molecule has 18 heavy (non-hydrogen) atoms. The molecule has 1 N–H and O–H groups in total. The molecule has 98 valence electrons. The van der Waals surface area contributed by atoms with Crippen LogP contribution >= 0.6 is 0 Å². The highest BCUT2D eigenvalue weighted by atomic mass is 16.4. The van der Waals surface area contributed by atoms with Gasteiger partial charge in [0.2, 0.25) is 5.91 Å². The third-order valence-electron chi connectivity index (χ3n) is 3.50. The summed E-state index contributed by atoms with van der Waals surface area (Å²) >= 11 is 0. The number of hydrogen-bond donors (Lipinski definition) is 1. The standard InChI is InChI=1S/C12H17N3O3/c1-9(12(17)18)10-6-15(7-10)11(16)2-4-14-5-3-13-8-14/h3,5,8-10H,2,4,6-7H2,1H3,(H,17,18). The molecule has 0 aliphatic carbocycles. The Bertz CT molecular complexity index is 424. The van der Waals surface area contributed by atoms with E-state index in [-0.39, 0.29) is 17.7 Å². The van der Waals surface area contributed by atoms with Crippen molar-refractivity contribution in [1.82, 2.24) is 14.5 Å². The van der Waals surface area contributed by atoms with Crippen LogP contribution in [0.25, 0.3) is 0 Å². The predicted octanol–water partition coefficient (Wildman–Crippen LogP) is 0.452. The predicted molar refractivity (Wildman–Crippen MR) is 63.7 cm³/mol. The quantitative estimate of drug-likeness (QED) is 0.824. The lowest BCUT2D eigenvalue weighted by atomic mass is 9.87. The maximum absolute atomic E-state index is 11.8. The van der Waals surface area contributed by atoms with Gasteiger partial charge >= 0.3 is 5.97 Å². The number of carboxylic acids is 1. The summed E-state index contributed by atoms with van der Waals surface area (Å²) in [5.74, 6) is -0.981. The fourth-order valence-corrected chi connectivity index (χ4v) is 2.04. The van der Waals surface area contributed by atoms with E-state index in [9.17, 15) is 9.59 Å². The molecule has 1 atom stereocenters. The van der Waals surface area contributed by atoms with Gasteiger partial charge < -0.3 is 14.6 Å². The number of aryl methyl sites for hydroxylation is 1. The van der Waals surface area contributed by atoms with Gasteiger partial charge in [-0.25, -0.2) is 4.98 Å². The van der Waals surface area contributed by atoms with E-state index >= 15 is 0 Å². The number of amides is 1. The van der Waals surface area contributed by atoms with Gasteiger partial charge in [-0.3, -0.25) is 9.59 Å². The molecule has 0 aromatic carbocycles. The lowest BCUT2D eigenvalue weighted by Gasteiger charge is -2.41. The van der Waals surface area contributed by atoms with Crippen molar-refractivity contribution in [3.8, 4) is 0 Å². The largest absolute Gasteiger partial charge is 0.481 e. The van der Waals surface area contributed by atoms with Crippen molar-refractivity contribution in [1.29, 1.82) is 0 Å². The molecule has 1 aliphatic heterocycles. The van der Waals surface area contributed by atoms with E-state index in [1.165, 1.54) is 0 Å². The molecule has 1 aliphatic rings. The highest BCUT2D eigenvalue weighted by molar-refractivity contribution is 5.77. The molecule has 1 fully saturated rings. The molecule has 1 amide bonds. The first-order valence-electron chi connectivity index (χ1n) is 6.04. The van der Waals surface area contributed by atoms with E-state index in [1.54, 1.807) is 24.3 Å². The average molecular weight is 251 g/mol. The van der Waals surface area contributed by atoms with Gasteiger partial charge in [-0.2, -0.15) is 0 Å². The zero-order chi connectivity index (χ0) is 13.1. The van der Waals surface area contributed by atoms with Crippen LogP contribution in [-0.4, -0.2) is 44.5 Å². The Balaban J connectivity index is 1.71. The molecule has 1 aromatic rings. The molecule has 2 heterocycles. The Morgan fingerprint density at radius 1 is 1.50 bits per heavy atom. The first-order valence-corrected chi connectivity index (χ1v) is 6.04. The van der Waals surface area contributed by atoms with E-state index in [0.717, 1.165) is 0 Å². The summed E-state index contributed by atoms with van der Waals surface area (Å²) in [6.07, 6.45) is 5.61. The molecule has 1 saturated heterocycles. The highest BCUT2D eigenvalue weighted by Gasteiger charge is 2.36. The van der Waals surface area contributed by atoms with Crippen molar-refractivity contribution >= 4 is 11.9 Å². The number of rotatable bonds is 5. The Labute approximate surface area is 105 Å². The summed E-state index contributed by atoms with van der Waals surface area (Å²) < 4.78 is 1.86. The molecule has 1 unspecified atom stereocenters. The van der Waals surface area contributed by atoms with E-state index in [2.05, 4.69) is 4.98 Å². The number of carboxylic acid groups (broad SMARTS) is 1. The second-order valence-corrected chi connectivity index (χ2v) is 4.74. The summed E-state index contributed by atoms with van der Waals surface area (Å²) in [7, 11) is 0. The van der Waals surface area contributed by atoms with Crippen molar-refractivity contribution in [3.05, 3.63) is 18.7 Å². The van der Waals surface area contributed by atoms with Crippen molar-refractivity contribution in [2.75, 3.05) is 13.1 Å². The zero-order valence-electron chi connectivity index (χ0n) is 10.3. The number of nitrogens with zero attached hydrogens (tertiary/aromatic N) is 3. The minimum absolute atomic E-state index is 0.0811. The molecule has 6 heteroatoms. The third kappa shape index (κ3) is 2.69. The molecular formula is C12H17N3O3. The van der Waals surface area contributed by atoms with Crippen molar-refractivity contribution < 1.29 is 14.7 Å². The minimum atomic E-state index is -0.787. The van der Waals surface area contributed by atoms with Crippen molar-refractivity contribution in [2.45, 2.75) is 19.9 Å². The topological polar surface area (TPSA) is 75.4 Å². The molecule has 0 bridgehead atoms. The molecule has 0 radical (unpaired) electrons. The number of hydrogen-bond acceptors (Lipinski definition) is 3. The van der Waals surface area contributed by atoms with Crippen LogP contribution < -0.4 is 0 Å². The van der Waals surface area contributed by atoms with Crippen LogP contribution in [0.1, 0.15) is 13.3 Å². The Kier molecular flexibility index (Phi) is 3.64. The maximum Gasteiger partial charge on any atom is 0.306 e. The van der Waals surface area contributed by atoms with Gasteiger partial charge in [-0.1, -0.05) is 6.92 Å². The van der Waals surface area contributed by atoms with Gasteiger partial charge in [0.25, 0.3) is 0 Å². The molecule has 0 saturated carbocycles. The fourth-order valence-electron chi connectivity index (χ4n) is 2.04. The van der Waals surface area contributed by atoms with E-state index in [1.807, 2.05) is 10.8 Å². The Morgan fingerprint density at radius 2 is 2.22 bits per heavy atom. The third-order valence-corrected chi connectivity index (χ3v) is 3.50. The molecular weight excluding hydrogens is 234 g/mol. The SMILES string of the molecule is CC(C(=O)O)C1CN(C(=O)CCn2ccnc2)C1. The second-order valence-electron chi connectivity index (χ2n) is 4.74. The van der Waals surface area contributed by atoms with Gasteiger partial charge in [0.1, 0.15) is 0 Å². The number of imidazole rings is 1. The first kappa shape index (κ1) is 12.6. The van der Waals surface area contributed by atoms with E-state index < -0.39 is 5.97 Å². The Hall–Kier alpha value is -1.85. The van der Waals surface area contributed by atoms with Crippen LogP contribution in [0.4, 0.5) is 0 Å². The lowest BCUT2D eigenvalue weighted by molar-refractivity contribution is -0.150. The van der Waals surface area contributed by atoms with Gasteiger partial charge in [-0.05, 0) is 0 Å². The van der Waals surface area contributed by atoms with Gasteiger partial charge in [-0.15, -0.1) is 0 Å². The smallest absolute Gasteiger partial charge is 0.306 e. The van der Waals surface area contributed by atoms with Crippen LogP contribution in [0.2, 0.25) is 0 Å². The minimum Gasteiger partial charge on any atom is -0.481 e. The van der Waals surface area contributed by atoms with Crippen LogP contribution in [0.15, 0.2) is 18.7 Å². The molecule has 0 spiro atoms. The molecule has 6 nitrogen and oxygen atoms in total. The first-order chi connectivity index (χ1) is 8.58. The average Bonchev–Trinajstić information content (AvgIpc) is 2.76. The number of carbonyl (C=O) groups excluding carboxylic acids is 1. The van der Waals surface area contributed by atoms with Crippen molar-refractivity contribution in [2.24, 2.45) is 11.8 Å². The number of likely N-dealkylation sites (tertiary alicyclic amines) is 1. The normalized spacial score (nSPS) is 17.3. The van der Waals surface area contributed by atoms with E-state index in [4.69, 9.17) is 5.11 Å². The van der Waals surface area contributed by atoms with Crippen LogP contribution in [0.3, 0.4) is 0 Å². The van der Waals surface area contributed by atoms with Gasteiger partial charge in [0.05, 0.1) is 12.2 Å². The number of carbonyl (C=O) groups is 2. The second kappa shape index (κ2) is 5.20. The summed E-state index contributed by atoms with van der Waals surface area (Å²) in [5.41, 5.74) is 0. The molecule has 1 aromatic heterocycles. The number of aromatic nitrogens is 2. The zero-order valence-corrected chi connectivity index (χ0v) is 10.3. The highest BCUT2D eigenvalue weighted by Crippen LogP contribution is 2.24. The Morgan fingerprint density at radius 3 is 2.78 bits per heavy atom. The van der Waals surface area contributed by atoms with Crippen LogP contribution in [0, 0.1) is 11.8 Å². The van der Waals surface area contributed by atoms with E-state index in [0.29, 0.717) is 26.1 Å². The monoisotopic (exact) mass is 251 g/mol. The maximum atomic E-state index is 11.8. The number of aliphatic carboxylic acids is 1. The van der Waals surface area contributed by atoms with Crippen LogP contribution in [-0.2, 0) is 16.1 Å². The summed E-state index contributed by atoms with van der Waals surface area (Å²) in [6, 6.07) is 0. The van der Waals surface area contributed by atoms with Crippen molar-refractivity contribution in [3.63, 3.8) is 0 Å². The summed E-state index contributed by atoms with van der Waals surface area (Å²) in [4.78, 5) is 28.2.